The number of benzene rings is 1. The lowest BCUT2D eigenvalue weighted by Crippen LogP contribution is -2.32. The van der Waals surface area contributed by atoms with Gasteiger partial charge < -0.3 is 9.30 Å². The summed E-state index contributed by atoms with van der Waals surface area (Å²) in [6.07, 6.45) is 0.584. The Morgan fingerprint density at radius 1 is 1.32 bits per heavy atom. The van der Waals surface area contributed by atoms with Crippen molar-refractivity contribution in [2.75, 3.05) is 6.61 Å². The van der Waals surface area contributed by atoms with Crippen LogP contribution in [0.1, 0.15) is 41.7 Å². The summed E-state index contributed by atoms with van der Waals surface area (Å²) in [6.45, 7) is 2.02. The van der Waals surface area contributed by atoms with Gasteiger partial charge >= 0.3 is 5.97 Å². The second-order valence-electron chi connectivity index (χ2n) is 5.43. The highest BCUT2D eigenvalue weighted by Crippen LogP contribution is 2.32. The number of esters is 1. The van der Waals surface area contributed by atoms with E-state index >= 15 is 0 Å². The molecule has 5 heteroatoms. The van der Waals surface area contributed by atoms with Crippen molar-refractivity contribution in [2.45, 2.75) is 25.7 Å². The summed E-state index contributed by atoms with van der Waals surface area (Å²) >= 11 is 0. The van der Waals surface area contributed by atoms with E-state index in [1.54, 1.807) is 30.7 Å². The number of rotatable bonds is 2. The van der Waals surface area contributed by atoms with Crippen molar-refractivity contribution < 1.29 is 14.3 Å². The molecule has 1 aromatic heterocycles. The van der Waals surface area contributed by atoms with Gasteiger partial charge in [-0.05, 0) is 25.5 Å². The number of pyridine rings is 1. The Morgan fingerprint density at radius 2 is 2.05 bits per heavy atom. The maximum atomic E-state index is 12.7. The third-order valence-corrected chi connectivity index (χ3v) is 4.19. The molecule has 0 aliphatic heterocycles. The molecule has 1 heterocycles. The molecule has 0 saturated heterocycles. The Kier molecular flexibility index (Phi) is 3.56. The van der Waals surface area contributed by atoms with Crippen LogP contribution in [0.25, 0.3) is 10.9 Å². The van der Waals surface area contributed by atoms with Crippen LogP contribution in [0.15, 0.2) is 29.1 Å². The molecule has 0 saturated carbocycles. The molecule has 1 aliphatic carbocycles. The summed E-state index contributed by atoms with van der Waals surface area (Å²) in [5.74, 6) is -1.13. The summed E-state index contributed by atoms with van der Waals surface area (Å²) in [6, 6.07) is 7.13. The number of hydrogen-bond acceptors (Lipinski definition) is 4. The minimum atomic E-state index is -0.560. The van der Waals surface area contributed by atoms with Gasteiger partial charge in [-0.15, -0.1) is 0 Å². The van der Waals surface area contributed by atoms with Crippen LogP contribution in [0.2, 0.25) is 0 Å². The number of hydrogen-bond donors (Lipinski definition) is 0. The number of ketones is 1. The molecule has 0 radical (unpaired) electrons. The summed E-state index contributed by atoms with van der Waals surface area (Å²) in [7, 11) is 1.78. The van der Waals surface area contributed by atoms with Gasteiger partial charge in [-0.2, -0.15) is 0 Å². The van der Waals surface area contributed by atoms with Crippen molar-refractivity contribution in [1.29, 1.82) is 0 Å². The normalized spacial score (nSPS) is 17.4. The second-order valence-corrected chi connectivity index (χ2v) is 5.43. The maximum Gasteiger partial charge on any atom is 0.314 e. The molecule has 1 aromatic carbocycles. The number of carbonyl (C=O) groups is 2. The third kappa shape index (κ3) is 2.04. The van der Waals surface area contributed by atoms with Crippen molar-refractivity contribution in [3.63, 3.8) is 0 Å². The summed E-state index contributed by atoms with van der Waals surface area (Å²) < 4.78 is 6.90. The van der Waals surface area contributed by atoms with Gasteiger partial charge in [-0.3, -0.25) is 14.4 Å². The van der Waals surface area contributed by atoms with E-state index in [2.05, 4.69) is 0 Å². The molecule has 2 aromatic rings. The first-order chi connectivity index (χ1) is 10.6. The Morgan fingerprint density at radius 3 is 2.77 bits per heavy atom. The van der Waals surface area contributed by atoms with E-state index in [1.807, 2.05) is 12.1 Å². The first kappa shape index (κ1) is 14.5. The standard InChI is InChI=1S/C17H17NO4/c1-3-22-17(21)11-8-9-13(19)14-15(11)18(2)12-7-5-4-6-10(12)16(14)20/h4-7,11H,3,8-9H2,1-2H3. The van der Waals surface area contributed by atoms with Crippen LogP contribution in [-0.2, 0) is 16.6 Å². The van der Waals surface area contributed by atoms with E-state index < -0.39 is 5.92 Å². The monoisotopic (exact) mass is 299 g/mol. The molecule has 0 fully saturated rings. The Balaban J connectivity index is 2.34. The summed E-state index contributed by atoms with van der Waals surface area (Å²) in [4.78, 5) is 37.2. The van der Waals surface area contributed by atoms with Crippen LogP contribution in [0.4, 0.5) is 0 Å². The molecule has 0 amide bonds. The van der Waals surface area contributed by atoms with Crippen LogP contribution in [0, 0.1) is 0 Å². The van der Waals surface area contributed by atoms with Crippen molar-refractivity contribution in [2.24, 2.45) is 7.05 Å². The smallest absolute Gasteiger partial charge is 0.314 e. The highest BCUT2D eigenvalue weighted by atomic mass is 16.5. The SMILES string of the molecule is CCOC(=O)C1CCC(=O)c2c1n(C)c1ccccc1c2=O. The van der Waals surface area contributed by atoms with Gasteiger partial charge in [-0.1, -0.05) is 12.1 Å². The highest BCUT2D eigenvalue weighted by Gasteiger charge is 2.36. The van der Waals surface area contributed by atoms with Crippen molar-refractivity contribution >= 4 is 22.7 Å². The highest BCUT2D eigenvalue weighted by molar-refractivity contribution is 6.03. The molecule has 1 aliphatic rings. The van der Waals surface area contributed by atoms with Crippen molar-refractivity contribution in [1.82, 2.24) is 4.57 Å². The number of aryl methyl sites for hydroxylation is 1. The van der Waals surface area contributed by atoms with E-state index in [0.29, 0.717) is 17.5 Å². The topological polar surface area (TPSA) is 65.4 Å². The molecule has 0 bridgehead atoms. The van der Waals surface area contributed by atoms with Gasteiger partial charge in [0.15, 0.2) is 11.2 Å². The number of Topliss-reactive ketones (excluding diaryl/α,β-unsaturated/α-hetero) is 1. The van der Waals surface area contributed by atoms with Crippen molar-refractivity contribution in [3.05, 3.63) is 45.7 Å². The first-order valence-electron chi connectivity index (χ1n) is 7.37. The van der Waals surface area contributed by atoms with E-state index in [9.17, 15) is 14.4 Å². The van der Waals surface area contributed by atoms with Crippen LogP contribution < -0.4 is 5.43 Å². The fourth-order valence-electron chi connectivity index (χ4n) is 3.19. The van der Waals surface area contributed by atoms with E-state index in [1.165, 1.54) is 0 Å². The van der Waals surface area contributed by atoms with Gasteiger partial charge in [0, 0.05) is 24.5 Å². The lowest BCUT2D eigenvalue weighted by molar-refractivity contribution is -0.145. The van der Waals surface area contributed by atoms with E-state index in [4.69, 9.17) is 4.74 Å². The number of fused-ring (bicyclic) bond motifs is 2. The minimum absolute atomic E-state index is 0.144. The van der Waals surface area contributed by atoms with Gasteiger partial charge in [0.05, 0.1) is 23.6 Å². The number of para-hydroxylation sites is 1. The zero-order chi connectivity index (χ0) is 15.9. The van der Waals surface area contributed by atoms with Gasteiger partial charge in [0.1, 0.15) is 0 Å². The average Bonchev–Trinajstić information content (AvgIpc) is 2.52. The number of carbonyl (C=O) groups excluding carboxylic acids is 2. The first-order valence-corrected chi connectivity index (χ1v) is 7.37. The predicted octanol–water partition coefficient (Wildman–Crippen LogP) is 2.16. The molecule has 22 heavy (non-hydrogen) atoms. The van der Waals surface area contributed by atoms with Crippen LogP contribution in [0.5, 0.6) is 0 Å². The Labute approximate surface area is 127 Å². The molecule has 5 nitrogen and oxygen atoms in total. The van der Waals surface area contributed by atoms with Crippen LogP contribution in [0.3, 0.4) is 0 Å². The molecule has 3 rings (SSSR count). The fourth-order valence-corrected chi connectivity index (χ4v) is 3.19. The van der Waals surface area contributed by atoms with Crippen LogP contribution >= 0.6 is 0 Å². The second kappa shape index (κ2) is 5.40. The molecule has 0 N–H and O–H groups in total. The molecule has 1 atom stereocenters. The van der Waals surface area contributed by atoms with Crippen molar-refractivity contribution in [3.8, 4) is 0 Å². The average molecular weight is 299 g/mol. The lowest BCUT2D eigenvalue weighted by Gasteiger charge is -2.26. The molecular weight excluding hydrogens is 282 g/mol. The summed E-state index contributed by atoms with van der Waals surface area (Å²) in [5.41, 5.74) is 1.06. The fraction of sp³-hybridized carbons (Fsp3) is 0.353. The van der Waals surface area contributed by atoms with Crippen LogP contribution in [-0.4, -0.2) is 22.9 Å². The predicted molar refractivity (Wildman–Crippen MR) is 82.1 cm³/mol. The quantitative estimate of drug-likeness (QED) is 0.797. The number of nitrogens with zero attached hydrogens (tertiary/aromatic N) is 1. The lowest BCUT2D eigenvalue weighted by atomic mass is 9.84. The number of aromatic nitrogens is 1. The van der Waals surface area contributed by atoms with E-state index in [0.717, 1.165) is 5.52 Å². The molecule has 1 unspecified atom stereocenters. The molecular formula is C17H17NO4. The minimum Gasteiger partial charge on any atom is -0.465 e. The zero-order valence-electron chi connectivity index (χ0n) is 12.6. The van der Waals surface area contributed by atoms with E-state index in [-0.39, 0.29) is 35.8 Å². The van der Waals surface area contributed by atoms with Gasteiger partial charge in [0.2, 0.25) is 0 Å². The Bertz CT molecular complexity index is 834. The third-order valence-electron chi connectivity index (χ3n) is 4.19. The van der Waals surface area contributed by atoms with Gasteiger partial charge in [0.25, 0.3) is 0 Å². The Hall–Kier alpha value is -2.43. The molecule has 0 spiro atoms. The molecule has 114 valence electrons. The number of ether oxygens (including phenoxy) is 1. The van der Waals surface area contributed by atoms with Gasteiger partial charge in [-0.25, -0.2) is 0 Å². The zero-order valence-corrected chi connectivity index (χ0v) is 12.6. The summed E-state index contributed by atoms with van der Waals surface area (Å²) in [5, 5.41) is 0.501. The largest absolute Gasteiger partial charge is 0.465 e. The maximum absolute atomic E-state index is 12.7.